The molecule has 3 nitrogen and oxygen atoms in total. The molecule has 1 aromatic heterocycles. The van der Waals surface area contributed by atoms with E-state index in [9.17, 15) is 10.2 Å². The average molecular weight is 413 g/mol. The van der Waals surface area contributed by atoms with Gasteiger partial charge in [-0.15, -0.1) is 11.3 Å². The van der Waals surface area contributed by atoms with Crippen molar-refractivity contribution in [2.45, 2.75) is 0 Å². The molecule has 0 bridgehead atoms. The van der Waals surface area contributed by atoms with Crippen LogP contribution in [0.25, 0.3) is 20.5 Å². The average Bonchev–Trinajstić information content (AvgIpc) is 2.95. The van der Waals surface area contributed by atoms with Crippen molar-refractivity contribution in [1.29, 1.82) is 0 Å². The van der Waals surface area contributed by atoms with Gasteiger partial charge in [0.2, 0.25) is 0 Å². The molecule has 0 saturated carbocycles. The fourth-order valence-electron chi connectivity index (χ4n) is 2.59. The molecular weight excluding hydrogens is 400 g/mol. The second kappa shape index (κ2) is 6.43. The number of phenolic OH excluding ortho intramolecular Hbond substituents is 2. The molecule has 2 N–H and O–H groups in total. The maximum atomic E-state index is 9.79. The van der Waals surface area contributed by atoms with Gasteiger partial charge in [0, 0.05) is 14.6 Å². The first-order chi connectivity index (χ1) is 12.1. The molecule has 0 aliphatic rings. The summed E-state index contributed by atoms with van der Waals surface area (Å²) in [6, 6.07) is 19.9. The van der Waals surface area contributed by atoms with E-state index in [2.05, 4.69) is 15.9 Å². The maximum Gasteiger partial charge on any atom is 0.153 e. The van der Waals surface area contributed by atoms with Crippen molar-refractivity contribution in [2.75, 3.05) is 0 Å². The number of hydrogen-bond donors (Lipinski definition) is 2. The zero-order chi connectivity index (χ0) is 17.4. The predicted molar refractivity (Wildman–Crippen MR) is 105 cm³/mol. The zero-order valence-electron chi connectivity index (χ0n) is 12.9. The Morgan fingerprint density at radius 3 is 2.20 bits per heavy atom. The van der Waals surface area contributed by atoms with Gasteiger partial charge in [-0.2, -0.15) is 0 Å². The molecule has 0 unspecified atom stereocenters. The first kappa shape index (κ1) is 16.0. The van der Waals surface area contributed by atoms with Crippen LogP contribution in [0.1, 0.15) is 0 Å². The fourth-order valence-corrected chi connectivity index (χ4v) is 4.02. The van der Waals surface area contributed by atoms with Crippen LogP contribution >= 0.6 is 27.3 Å². The number of fused-ring (bicyclic) bond motifs is 1. The van der Waals surface area contributed by atoms with E-state index in [1.165, 1.54) is 0 Å². The molecule has 0 aliphatic carbocycles. The van der Waals surface area contributed by atoms with Gasteiger partial charge < -0.3 is 14.9 Å². The summed E-state index contributed by atoms with van der Waals surface area (Å²) in [5, 5.41) is 20.2. The van der Waals surface area contributed by atoms with Crippen LogP contribution in [0.2, 0.25) is 0 Å². The van der Waals surface area contributed by atoms with Crippen LogP contribution in [0, 0.1) is 0 Å². The lowest BCUT2D eigenvalue weighted by atomic mass is 10.1. The third kappa shape index (κ3) is 3.21. The smallest absolute Gasteiger partial charge is 0.153 e. The van der Waals surface area contributed by atoms with Crippen molar-refractivity contribution < 1.29 is 14.9 Å². The van der Waals surface area contributed by atoms with E-state index in [1.807, 2.05) is 30.3 Å². The molecule has 0 saturated heterocycles. The number of ether oxygens (including phenoxy) is 1. The van der Waals surface area contributed by atoms with Gasteiger partial charge in [0.15, 0.2) is 5.75 Å². The lowest BCUT2D eigenvalue weighted by molar-refractivity contribution is 0.467. The standard InChI is InChI=1S/C20H13BrO3S/c21-13-3-1-12(2-4-13)20-19(24-16-8-5-14(22)6-9-16)17-10-7-15(23)11-18(17)25-20/h1-11,22-23H. The molecule has 4 rings (SSSR count). The van der Waals surface area contributed by atoms with Crippen molar-refractivity contribution in [3.63, 3.8) is 0 Å². The molecule has 4 aromatic rings. The highest BCUT2D eigenvalue weighted by molar-refractivity contribution is 9.10. The summed E-state index contributed by atoms with van der Waals surface area (Å²) in [6.07, 6.45) is 0. The van der Waals surface area contributed by atoms with E-state index in [4.69, 9.17) is 4.74 Å². The van der Waals surface area contributed by atoms with Crippen molar-refractivity contribution in [2.24, 2.45) is 0 Å². The molecule has 3 aromatic carbocycles. The Morgan fingerprint density at radius 1 is 0.800 bits per heavy atom. The Bertz CT molecular complexity index is 1040. The van der Waals surface area contributed by atoms with Crippen LogP contribution in [0.4, 0.5) is 0 Å². The normalized spacial score (nSPS) is 10.9. The number of halogens is 1. The van der Waals surface area contributed by atoms with Gasteiger partial charge >= 0.3 is 0 Å². The Balaban J connectivity index is 1.88. The second-order valence-electron chi connectivity index (χ2n) is 5.54. The van der Waals surface area contributed by atoms with E-state index < -0.39 is 0 Å². The van der Waals surface area contributed by atoms with E-state index in [0.29, 0.717) is 5.75 Å². The Labute approximate surface area is 156 Å². The molecule has 0 amide bonds. The lowest BCUT2D eigenvalue weighted by Crippen LogP contribution is -1.85. The van der Waals surface area contributed by atoms with Crippen LogP contribution < -0.4 is 4.74 Å². The number of hydrogen-bond acceptors (Lipinski definition) is 4. The molecule has 124 valence electrons. The molecule has 0 fully saturated rings. The minimum Gasteiger partial charge on any atom is -0.508 e. The van der Waals surface area contributed by atoms with Crippen LogP contribution in [0.15, 0.2) is 71.2 Å². The van der Waals surface area contributed by atoms with Crippen molar-refractivity contribution in [1.82, 2.24) is 0 Å². The quantitative estimate of drug-likeness (QED) is 0.401. The first-order valence-electron chi connectivity index (χ1n) is 7.58. The minimum absolute atomic E-state index is 0.195. The predicted octanol–water partition coefficient (Wildman–Crippen LogP) is 6.53. The minimum atomic E-state index is 0.195. The SMILES string of the molecule is Oc1ccc(Oc2c(-c3ccc(Br)cc3)sc3cc(O)ccc23)cc1. The molecular formula is C20H13BrO3S. The summed E-state index contributed by atoms with van der Waals surface area (Å²) in [5.74, 6) is 1.81. The second-order valence-corrected chi connectivity index (χ2v) is 7.51. The highest BCUT2D eigenvalue weighted by atomic mass is 79.9. The van der Waals surface area contributed by atoms with Gasteiger partial charge in [-0.1, -0.05) is 28.1 Å². The molecule has 0 atom stereocenters. The van der Waals surface area contributed by atoms with Crippen LogP contribution in [0.5, 0.6) is 23.0 Å². The van der Waals surface area contributed by atoms with Crippen molar-refractivity contribution >= 4 is 37.4 Å². The summed E-state index contributed by atoms with van der Waals surface area (Å²) in [5.41, 5.74) is 1.04. The Kier molecular flexibility index (Phi) is 4.11. The molecule has 1 heterocycles. The maximum absolute atomic E-state index is 9.79. The highest BCUT2D eigenvalue weighted by Crippen LogP contribution is 2.47. The third-order valence-electron chi connectivity index (χ3n) is 3.79. The number of phenols is 2. The molecule has 0 radical (unpaired) electrons. The number of thiophene rings is 1. The third-order valence-corrected chi connectivity index (χ3v) is 5.50. The van der Waals surface area contributed by atoms with Crippen LogP contribution in [-0.2, 0) is 0 Å². The van der Waals surface area contributed by atoms with Crippen LogP contribution in [0.3, 0.4) is 0 Å². The van der Waals surface area contributed by atoms with E-state index in [-0.39, 0.29) is 11.5 Å². The summed E-state index contributed by atoms with van der Waals surface area (Å²) in [4.78, 5) is 0.987. The molecule has 5 heteroatoms. The molecule has 0 spiro atoms. The summed E-state index contributed by atoms with van der Waals surface area (Å²) < 4.78 is 8.11. The Hall–Kier alpha value is -2.50. The van der Waals surface area contributed by atoms with Crippen molar-refractivity contribution in [3.8, 4) is 33.4 Å². The molecule has 25 heavy (non-hydrogen) atoms. The fraction of sp³-hybridized carbons (Fsp3) is 0. The van der Waals surface area contributed by atoms with Gasteiger partial charge in [-0.05, 0) is 60.2 Å². The van der Waals surface area contributed by atoms with E-state index in [0.717, 1.165) is 30.7 Å². The zero-order valence-corrected chi connectivity index (χ0v) is 15.3. The van der Waals surface area contributed by atoms with Gasteiger partial charge in [0.1, 0.15) is 17.2 Å². The van der Waals surface area contributed by atoms with Gasteiger partial charge in [-0.3, -0.25) is 0 Å². The number of aromatic hydroxyl groups is 2. The Morgan fingerprint density at radius 2 is 1.48 bits per heavy atom. The summed E-state index contributed by atoms with van der Waals surface area (Å²) in [6.45, 7) is 0. The lowest BCUT2D eigenvalue weighted by Gasteiger charge is -2.08. The first-order valence-corrected chi connectivity index (χ1v) is 9.19. The van der Waals surface area contributed by atoms with E-state index >= 15 is 0 Å². The number of rotatable bonds is 3. The largest absolute Gasteiger partial charge is 0.508 e. The highest BCUT2D eigenvalue weighted by Gasteiger charge is 2.17. The topological polar surface area (TPSA) is 49.7 Å². The summed E-state index contributed by atoms with van der Waals surface area (Å²) in [7, 11) is 0. The van der Waals surface area contributed by atoms with E-state index in [1.54, 1.807) is 47.7 Å². The van der Waals surface area contributed by atoms with Gasteiger partial charge in [0.05, 0.1) is 4.88 Å². The monoisotopic (exact) mass is 412 g/mol. The molecule has 0 aliphatic heterocycles. The van der Waals surface area contributed by atoms with Gasteiger partial charge in [-0.25, -0.2) is 0 Å². The van der Waals surface area contributed by atoms with Crippen molar-refractivity contribution in [3.05, 3.63) is 71.2 Å². The summed E-state index contributed by atoms with van der Waals surface area (Å²) >= 11 is 5.03. The number of benzene rings is 3. The van der Waals surface area contributed by atoms with Crippen LogP contribution in [-0.4, -0.2) is 10.2 Å². The van der Waals surface area contributed by atoms with Gasteiger partial charge in [0.25, 0.3) is 0 Å².